The summed E-state index contributed by atoms with van der Waals surface area (Å²) in [7, 11) is 0. The Morgan fingerprint density at radius 2 is 2.43 bits per heavy atom. The third kappa shape index (κ3) is 0.866. The lowest BCUT2D eigenvalue weighted by Crippen LogP contribution is -1.90. The molecule has 1 aliphatic rings. The van der Waals surface area contributed by atoms with Crippen molar-refractivity contribution < 1.29 is 18.6 Å². The maximum absolute atomic E-state index is 11.5. The number of alkyl halides is 1. The average molecular weight is 108 g/mol. The van der Waals surface area contributed by atoms with Gasteiger partial charge in [0.05, 0.1) is 6.08 Å². The smallest absolute Gasteiger partial charge is 0.303 e. The van der Waals surface area contributed by atoms with Crippen LogP contribution in [0.1, 0.15) is 0 Å². The summed E-state index contributed by atoms with van der Waals surface area (Å²) < 4.78 is 23.0. The van der Waals surface area contributed by atoms with E-state index < -0.39 is 12.4 Å². The molecular formula is C3H2F2O2. The molecule has 4 heteroatoms. The van der Waals surface area contributed by atoms with Gasteiger partial charge in [0.15, 0.2) is 0 Å². The van der Waals surface area contributed by atoms with Crippen LogP contribution in [0.4, 0.5) is 8.78 Å². The number of rotatable bonds is 0. The highest BCUT2D eigenvalue weighted by atomic mass is 19.2. The van der Waals surface area contributed by atoms with Crippen molar-refractivity contribution in [3.8, 4) is 0 Å². The van der Waals surface area contributed by atoms with E-state index >= 15 is 0 Å². The first-order valence-electron chi connectivity index (χ1n) is 1.64. The highest BCUT2D eigenvalue weighted by Crippen LogP contribution is 2.14. The molecule has 0 aromatic heterocycles. The third-order valence-electron chi connectivity index (χ3n) is 0.482. The van der Waals surface area contributed by atoms with Crippen LogP contribution in [0.5, 0.6) is 0 Å². The van der Waals surface area contributed by atoms with E-state index in [4.69, 9.17) is 0 Å². The van der Waals surface area contributed by atoms with Crippen LogP contribution in [0.3, 0.4) is 0 Å². The molecule has 0 saturated carbocycles. The standard InChI is InChI=1S/C3H2F2O2/c4-2-1-3(5)7-6-2/h1-2H. The van der Waals surface area contributed by atoms with E-state index in [1.54, 1.807) is 0 Å². The van der Waals surface area contributed by atoms with Gasteiger partial charge in [-0.1, -0.05) is 0 Å². The lowest BCUT2D eigenvalue weighted by Gasteiger charge is -1.88. The highest BCUT2D eigenvalue weighted by molar-refractivity contribution is 4.86. The Hall–Kier alpha value is -0.640. The van der Waals surface area contributed by atoms with Crippen LogP contribution in [0, 0.1) is 0 Å². The predicted octanol–water partition coefficient (Wildman–Crippen LogP) is 1.05. The average Bonchev–Trinajstić information content (AvgIpc) is 1.87. The minimum Gasteiger partial charge on any atom is -0.303 e. The second kappa shape index (κ2) is 1.46. The van der Waals surface area contributed by atoms with E-state index in [0.29, 0.717) is 6.08 Å². The van der Waals surface area contributed by atoms with Crippen molar-refractivity contribution in [3.05, 3.63) is 12.1 Å². The fraction of sp³-hybridized carbons (Fsp3) is 0.333. The van der Waals surface area contributed by atoms with Crippen LogP contribution in [0.25, 0.3) is 0 Å². The molecule has 1 heterocycles. The maximum Gasteiger partial charge on any atom is 0.313 e. The fourth-order valence-corrected chi connectivity index (χ4v) is 0.251. The molecule has 0 radical (unpaired) electrons. The molecule has 1 aliphatic heterocycles. The van der Waals surface area contributed by atoms with Gasteiger partial charge in [-0.3, -0.25) is 0 Å². The summed E-state index contributed by atoms with van der Waals surface area (Å²) in [5.41, 5.74) is 0. The predicted molar refractivity (Wildman–Crippen MR) is 16.3 cm³/mol. The zero-order chi connectivity index (χ0) is 5.28. The van der Waals surface area contributed by atoms with E-state index in [1.807, 2.05) is 0 Å². The van der Waals surface area contributed by atoms with Gasteiger partial charge in [-0.2, -0.15) is 4.39 Å². The molecule has 0 bridgehead atoms. The topological polar surface area (TPSA) is 18.5 Å². The van der Waals surface area contributed by atoms with Gasteiger partial charge in [-0.05, 0) is 0 Å². The SMILES string of the molecule is FC1=CC(F)OO1. The molecule has 1 unspecified atom stereocenters. The Bertz CT molecular complexity index is 101. The summed E-state index contributed by atoms with van der Waals surface area (Å²) in [4.78, 5) is 7.22. The van der Waals surface area contributed by atoms with Gasteiger partial charge >= 0.3 is 6.01 Å². The van der Waals surface area contributed by atoms with Crippen LogP contribution < -0.4 is 0 Å². The number of hydrogen-bond donors (Lipinski definition) is 0. The largest absolute Gasteiger partial charge is 0.313 e. The maximum atomic E-state index is 11.5. The lowest BCUT2D eigenvalue weighted by molar-refractivity contribution is -0.300. The van der Waals surface area contributed by atoms with Crippen LogP contribution >= 0.6 is 0 Å². The summed E-state index contributed by atoms with van der Waals surface area (Å²) in [6.07, 6.45) is -1.15. The van der Waals surface area contributed by atoms with Gasteiger partial charge in [0.25, 0.3) is 6.36 Å². The zero-order valence-electron chi connectivity index (χ0n) is 3.23. The molecule has 0 aliphatic carbocycles. The van der Waals surface area contributed by atoms with Gasteiger partial charge in [-0.25, -0.2) is 4.39 Å². The molecule has 2 nitrogen and oxygen atoms in total. The van der Waals surface area contributed by atoms with Gasteiger partial charge < -0.3 is 4.89 Å². The second-order valence-corrected chi connectivity index (χ2v) is 1.00. The van der Waals surface area contributed by atoms with Gasteiger partial charge in [0.1, 0.15) is 0 Å². The lowest BCUT2D eigenvalue weighted by atomic mass is 10.6. The van der Waals surface area contributed by atoms with Crippen molar-refractivity contribution in [2.75, 3.05) is 0 Å². The molecule has 0 N–H and O–H groups in total. The van der Waals surface area contributed by atoms with Crippen LogP contribution in [0.15, 0.2) is 12.1 Å². The molecule has 0 saturated heterocycles. The zero-order valence-corrected chi connectivity index (χ0v) is 3.23. The summed E-state index contributed by atoms with van der Waals surface area (Å²) in [5, 5.41) is 0. The summed E-state index contributed by atoms with van der Waals surface area (Å²) in [5.74, 6) is 0. The molecule has 0 aromatic carbocycles. The van der Waals surface area contributed by atoms with E-state index in [0.717, 1.165) is 0 Å². The van der Waals surface area contributed by atoms with Crippen molar-refractivity contribution >= 4 is 0 Å². The summed E-state index contributed by atoms with van der Waals surface area (Å²) >= 11 is 0. The minimum absolute atomic E-state index is 0.583. The molecule has 0 spiro atoms. The van der Waals surface area contributed by atoms with E-state index in [9.17, 15) is 8.78 Å². The first-order chi connectivity index (χ1) is 3.29. The molecule has 7 heavy (non-hydrogen) atoms. The first-order valence-corrected chi connectivity index (χ1v) is 1.64. The van der Waals surface area contributed by atoms with Crippen LogP contribution in [0.2, 0.25) is 0 Å². The van der Waals surface area contributed by atoms with E-state index in [1.165, 1.54) is 0 Å². The van der Waals surface area contributed by atoms with Crippen LogP contribution in [-0.2, 0) is 9.78 Å². The Morgan fingerprint density at radius 1 is 1.71 bits per heavy atom. The first kappa shape index (κ1) is 4.52. The molecule has 0 fully saturated rings. The number of halogens is 2. The second-order valence-electron chi connectivity index (χ2n) is 1.00. The quantitative estimate of drug-likeness (QED) is 0.432. The van der Waals surface area contributed by atoms with Crippen molar-refractivity contribution in [2.45, 2.75) is 6.36 Å². The number of hydrogen-bond acceptors (Lipinski definition) is 2. The normalized spacial score (nSPS) is 29.4. The summed E-state index contributed by atoms with van der Waals surface area (Å²) in [6.45, 7) is 0. The molecular weight excluding hydrogens is 106 g/mol. The van der Waals surface area contributed by atoms with Gasteiger partial charge in [0.2, 0.25) is 0 Å². The fourth-order valence-electron chi connectivity index (χ4n) is 0.251. The van der Waals surface area contributed by atoms with Gasteiger partial charge in [-0.15, -0.1) is 4.89 Å². The molecule has 1 rings (SSSR count). The third-order valence-corrected chi connectivity index (χ3v) is 0.482. The Kier molecular flexibility index (Phi) is 0.941. The Balaban J connectivity index is 2.50. The van der Waals surface area contributed by atoms with Crippen LogP contribution in [-0.4, -0.2) is 6.36 Å². The van der Waals surface area contributed by atoms with Crippen molar-refractivity contribution in [1.29, 1.82) is 0 Å². The Morgan fingerprint density at radius 3 is 2.57 bits per heavy atom. The van der Waals surface area contributed by atoms with Crippen molar-refractivity contribution in [3.63, 3.8) is 0 Å². The minimum atomic E-state index is -1.74. The molecule has 0 amide bonds. The van der Waals surface area contributed by atoms with E-state index in [-0.39, 0.29) is 0 Å². The molecule has 1 atom stereocenters. The van der Waals surface area contributed by atoms with Crippen molar-refractivity contribution in [1.82, 2.24) is 0 Å². The van der Waals surface area contributed by atoms with Gasteiger partial charge in [0, 0.05) is 0 Å². The highest BCUT2D eigenvalue weighted by Gasteiger charge is 2.16. The summed E-state index contributed by atoms with van der Waals surface area (Å²) in [6, 6.07) is -1.02. The Labute approximate surface area is 38.3 Å². The van der Waals surface area contributed by atoms with E-state index in [2.05, 4.69) is 9.78 Å². The van der Waals surface area contributed by atoms with Crippen molar-refractivity contribution in [2.24, 2.45) is 0 Å². The molecule has 40 valence electrons. The molecule has 0 aromatic rings. The monoisotopic (exact) mass is 108 g/mol.